The maximum Gasteiger partial charge on any atom is 0.283 e. The van der Waals surface area contributed by atoms with E-state index in [1.165, 1.54) is 13.2 Å². The number of sulfone groups is 1. The van der Waals surface area contributed by atoms with Gasteiger partial charge in [0.15, 0.2) is 11.5 Å². The van der Waals surface area contributed by atoms with E-state index in [-0.39, 0.29) is 28.4 Å². The molecule has 12 heteroatoms. The van der Waals surface area contributed by atoms with Crippen molar-refractivity contribution in [2.45, 2.75) is 13.8 Å². The first kappa shape index (κ1) is 25.5. The summed E-state index contributed by atoms with van der Waals surface area (Å²) in [5.74, 6) is 0.762. The van der Waals surface area contributed by atoms with Gasteiger partial charge in [0.25, 0.3) is 5.91 Å². The number of nitrogens with one attached hydrogen (secondary N) is 1. The molecule has 10 nitrogen and oxygen atoms in total. The largest absolute Gasteiger partial charge is 0.493 e. The number of carbonyl (C=O) groups excluding carboxylic acids is 1. The number of methoxy groups -OCH3 is 1. The first-order valence-corrected chi connectivity index (χ1v) is 13.5. The second kappa shape index (κ2) is 10.2. The lowest BCUT2D eigenvalue weighted by atomic mass is 10.1. The summed E-state index contributed by atoms with van der Waals surface area (Å²) < 4.78 is 45.1. The molecular formula is C24H24N4O6S2. The monoisotopic (exact) mass is 528 g/mol. The Morgan fingerprint density at radius 3 is 2.44 bits per heavy atom. The number of hydrogen-bond acceptors (Lipinski definition) is 9. The molecule has 4 rings (SSSR count). The molecule has 0 aliphatic carbocycles. The van der Waals surface area contributed by atoms with Gasteiger partial charge in [0.1, 0.15) is 24.8 Å². The Kier molecular flexibility index (Phi) is 7.18. The van der Waals surface area contributed by atoms with Crippen LogP contribution in [0.4, 0.5) is 0 Å². The van der Waals surface area contributed by atoms with Gasteiger partial charge in [0.2, 0.25) is 20.2 Å². The number of carbonyl (C=O) groups is 1. The number of hydrogen-bond donors (Lipinski definition) is 1. The number of fused-ring (bicyclic) bond motifs is 1. The second-order valence-corrected chi connectivity index (χ2v) is 10.6. The highest BCUT2D eigenvalue weighted by Crippen LogP contribution is 2.32. The van der Waals surface area contributed by atoms with Crippen molar-refractivity contribution in [2.75, 3.05) is 26.6 Å². The van der Waals surface area contributed by atoms with Crippen molar-refractivity contribution < 1.29 is 27.4 Å². The number of aryl methyl sites for hydroxylation is 2. The molecule has 1 amide bonds. The van der Waals surface area contributed by atoms with Gasteiger partial charge >= 0.3 is 0 Å². The van der Waals surface area contributed by atoms with E-state index < -0.39 is 15.7 Å². The molecule has 36 heavy (non-hydrogen) atoms. The highest BCUT2D eigenvalue weighted by atomic mass is 32.2. The molecule has 2 aromatic rings. The van der Waals surface area contributed by atoms with Gasteiger partial charge in [0.05, 0.1) is 24.6 Å². The average Bonchev–Trinajstić information content (AvgIpc) is 3.26. The fourth-order valence-corrected chi connectivity index (χ4v) is 5.46. The van der Waals surface area contributed by atoms with E-state index in [9.17, 15) is 13.2 Å². The minimum Gasteiger partial charge on any atom is -0.493 e. The van der Waals surface area contributed by atoms with E-state index in [1.807, 2.05) is 32.0 Å². The number of benzene rings is 2. The molecule has 0 saturated heterocycles. The summed E-state index contributed by atoms with van der Waals surface area (Å²) in [6.07, 6.45) is 2.43. The molecule has 0 fully saturated rings. The second-order valence-electron chi connectivity index (χ2n) is 8.01. The average molecular weight is 529 g/mol. The van der Waals surface area contributed by atoms with Crippen molar-refractivity contribution >= 4 is 49.9 Å². The summed E-state index contributed by atoms with van der Waals surface area (Å²) in [4.78, 5) is 17.5. The van der Waals surface area contributed by atoms with Crippen molar-refractivity contribution in [1.82, 2.24) is 4.90 Å². The van der Waals surface area contributed by atoms with Gasteiger partial charge in [-0.05, 0) is 48.7 Å². The highest BCUT2D eigenvalue weighted by molar-refractivity contribution is 8.16. The molecule has 0 aromatic heterocycles. The normalized spacial score (nSPS) is 16.6. The molecule has 1 N–H and O–H groups in total. The molecule has 0 spiro atoms. The summed E-state index contributed by atoms with van der Waals surface area (Å²) in [7, 11) is -2.23. The Labute approximate surface area is 213 Å². The first-order valence-electron chi connectivity index (χ1n) is 10.8. The van der Waals surface area contributed by atoms with Gasteiger partial charge in [-0.25, -0.2) is 13.3 Å². The zero-order chi connectivity index (χ0) is 26.0. The maximum atomic E-state index is 12.6. The third-order valence-corrected chi connectivity index (χ3v) is 7.07. The molecule has 0 atom stereocenters. The Bertz CT molecular complexity index is 1430. The van der Waals surface area contributed by atoms with E-state index in [0.717, 1.165) is 40.0 Å². The fourth-order valence-electron chi connectivity index (χ4n) is 3.62. The predicted molar refractivity (Wildman–Crippen MR) is 140 cm³/mol. The third-order valence-electron chi connectivity index (χ3n) is 5.32. The molecule has 2 aromatic carbocycles. The summed E-state index contributed by atoms with van der Waals surface area (Å²) in [5, 5.41) is 8.15. The molecular weight excluding hydrogens is 504 g/mol. The number of para-hydroxylation sites is 1. The maximum absolute atomic E-state index is 12.6. The van der Waals surface area contributed by atoms with Crippen LogP contribution in [0.2, 0.25) is 0 Å². The van der Waals surface area contributed by atoms with E-state index in [2.05, 4.69) is 9.39 Å². The van der Waals surface area contributed by atoms with Gasteiger partial charge in [-0.3, -0.25) is 10.2 Å². The van der Waals surface area contributed by atoms with Crippen molar-refractivity contribution in [3.63, 3.8) is 0 Å². The fraction of sp³-hybridized carbons (Fsp3) is 0.250. The lowest BCUT2D eigenvalue weighted by molar-refractivity contribution is -0.114. The van der Waals surface area contributed by atoms with E-state index >= 15 is 0 Å². The van der Waals surface area contributed by atoms with E-state index in [0.29, 0.717) is 23.7 Å². The number of amidine groups is 3. The van der Waals surface area contributed by atoms with Crippen LogP contribution in [0.3, 0.4) is 0 Å². The van der Waals surface area contributed by atoms with Gasteiger partial charge in [-0.1, -0.05) is 24.3 Å². The minimum absolute atomic E-state index is 0.0343. The zero-order valence-corrected chi connectivity index (χ0v) is 21.7. The van der Waals surface area contributed by atoms with Crippen LogP contribution in [0.15, 0.2) is 51.4 Å². The predicted octanol–water partition coefficient (Wildman–Crippen LogP) is 3.39. The molecule has 0 unspecified atom stereocenters. The smallest absolute Gasteiger partial charge is 0.283 e. The summed E-state index contributed by atoms with van der Waals surface area (Å²) >= 11 is 0.744. The third kappa shape index (κ3) is 5.14. The van der Waals surface area contributed by atoms with Gasteiger partial charge in [-0.2, -0.15) is 9.39 Å². The Morgan fingerprint density at radius 1 is 1.08 bits per heavy atom. The minimum atomic E-state index is -3.72. The summed E-state index contributed by atoms with van der Waals surface area (Å²) in [5.41, 5.74) is 2.57. The standard InChI is InChI=1S/C24H24N4O6S2/c1-14-6-5-7-15(2)20(14)34-11-10-33-18-9-8-16(13-19(18)32-3)12-17-21(25)28-23(26-22(17)29)35-27-24(28)36(4,30)31/h5-9,12-13,25H,10-11H2,1-4H3/b17-12-,25-21?. The quantitative estimate of drug-likeness (QED) is 0.329. The van der Waals surface area contributed by atoms with Crippen LogP contribution in [-0.2, 0) is 14.6 Å². The summed E-state index contributed by atoms with van der Waals surface area (Å²) in [6, 6.07) is 11.0. The molecule has 0 bridgehead atoms. The number of ether oxygens (including phenoxy) is 3. The number of rotatable bonds is 7. The van der Waals surface area contributed by atoms with Gasteiger partial charge < -0.3 is 14.2 Å². The van der Waals surface area contributed by atoms with Crippen LogP contribution >= 0.6 is 11.9 Å². The molecule has 2 heterocycles. The van der Waals surface area contributed by atoms with Crippen LogP contribution in [0.25, 0.3) is 6.08 Å². The van der Waals surface area contributed by atoms with Crippen LogP contribution < -0.4 is 14.2 Å². The van der Waals surface area contributed by atoms with Crippen LogP contribution in [0, 0.1) is 19.3 Å². The Balaban J connectivity index is 1.49. The SMILES string of the molecule is COc1cc(/C=C2/C(=N)N3C(=NC2=O)SN=C3S(C)(=O)=O)ccc1OCCOc1c(C)cccc1C. The lowest BCUT2D eigenvalue weighted by Gasteiger charge is -2.23. The van der Waals surface area contributed by atoms with Crippen molar-refractivity contribution in [2.24, 2.45) is 9.39 Å². The molecule has 0 saturated carbocycles. The van der Waals surface area contributed by atoms with Gasteiger partial charge in [-0.15, -0.1) is 0 Å². The van der Waals surface area contributed by atoms with Gasteiger partial charge in [0, 0.05) is 6.26 Å². The first-order chi connectivity index (χ1) is 17.1. The molecule has 2 aliphatic heterocycles. The van der Waals surface area contributed by atoms with E-state index in [1.54, 1.807) is 18.2 Å². The van der Waals surface area contributed by atoms with Crippen molar-refractivity contribution in [3.8, 4) is 17.2 Å². The Morgan fingerprint density at radius 2 is 1.78 bits per heavy atom. The number of aliphatic imine (C=N–C) groups is 1. The topological polar surface area (TPSA) is 131 Å². The number of amides is 1. The van der Waals surface area contributed by atoms with Crippen molar-refractivity contribution in [1.29, 1.82) is 5.41 Å². The van der Waals surface area contributed by atoms with E-state index in [4.69, 9.17) is 19.6 Å². The molecule has 188 valence electrons. The number of nitrogens with zero attached hydrogens (tertiary/aromatic N) is 3. The van der Waals surface area contributed by atoms with Crippen molar-refractivity contribution in [3.05, 3.63) is 58.7 Å². The Hall–Kier alpha value is -3.64. The zero-order valence-electron chi connectivity index (χ0n) is 20.1. The molecule has 2 aliphatic rings. The molecule has 0 radical (unpaired) electrons. The van der Waals surface area contributed by atoms with Crippen LogP contribution in [0.1, 0.15) is 16.7 Å². The van der Waals surface area contributed by atoms with Crippen LogP contribution in [-0.4, -0.2) is 62.0 Å². The summed E-state index contributed by atoms with van der Waals surface area (Å²) in [6.45, 7) is 4.59. The lowest BCUT2D eigenvalue weighted by Crippen LogP contribution is -2.45. The van der Waals surface area contributed by atoms with Crippen LogP contribution in [0.5, 0.6) is 17.2 Å². The highest BCUT2D eigenvalue weighted by Gasteiger charge is 2.41.